The highest BCUT2D eigenvalue weighted by molar-refractivity contribution is 6.07. The van der Waals surface area contributed by atoms with Crippen molar-refractivity contribution in [1.82, 2.24) is 15.0 Å². The Labute approximate surface area is 102 Å². The molecule has 0 saturated carbocycles. The molecule has 1 aliphatic rings. The predicted molar refractivity (Wildman–Crippen MR) is 63.4 cm³/mol. The van der Waals surface area contributed by atoms with Gasteiger partial charge in [-0.05, 0) is 12.1 Å². The molecule has 2 aromatic rings. The number of fused-ring (bicyclic) bond motifs is 1. The summed E-state index contributed by atoms with van der Waals surface area (Å²) < 4.78 is 5.45. The maximum absolute atomic E-state index is 11.6. The first-order chi connectivity index (χ1) is 8.83. The molecule has 0 amide bonds. The van der Waals surface area contributed by atoms with E-state index >= 15 is 0 Å². The normalized spacial score (nSPS) is 13.2. The summed E-state index contributed by atoms with van der Waals surface area (Å²) in [6.45, 7) is 0. The molecule has 0 saturated heterocycles. The standard InChI is InChI=1S/C12H8N4O2/c17-9-3-5-14-12-11(9)16-10(7-15-12)18-8-2-1-4-13-6-8/h1-2,4-7H,3H2. The van der Waals surface area contributed by atoms with Crippen molar-refractivity contribution >= 4 is 17.8 Å². The number of Topliss-reactive ketones (excluding diaryl/α,β-unsaturated/α-hetero) is 1. The average Bonchev–Trinajstić information content (AvgIpc) is 2.41. The summed E-state index contributed by atoms with van der Waals surface area (Å²) in [4.78, 5) is 27.7. The van der Waals surface area contributed by atoms with Crippen LogP contribution in [0.3, 0.4) is 0 Å². The quantitative estimate of drug-likeness (QED) is 0.801. The van der Waals surface area contributed by atoms with Crippen LogP contribution in [0.5, 0.6) is 11.6 Å². The maximum Gasteiger partial charge on any atom is 0.238 e. The van der Waals surface area contributed by atoms with Crippen molar-refractivity contribution in [3.8, 4) is 11.6 Å². The smallest absolute Gasteiger partial charge is 0.238 e. The van der Waals surface area contributed by atoms with Gasteiger partial charge in [0.1, 0.15) is 5.75 Å². The van der Waals surface area contributed by atoms with Gasteiger partial charge in [0.2, 0.25) is 5.88 Å². The summed E-state index contributed by atoms with van der Waals surface area (Å²) in [5.41, 5.74) is 0.249. The number of nitrogens with zero attached hydrogens (tertiary/aromatic N) is 4. The van der Waals surface area contributed by atoms with E-state index in [1.165, 1.54) is 12.4 Å². The van der Waals surface area contributed by atoms with Crippen LogP contribution in [0.1, 0.15) is 16.9 Å². The molecule has 0 aliphatic carbocycles. The summed E-state index contributed by atoms with van der Waals surface area (Å²) >= 11 is 0. The average molecular weight is 240 g/mol. The Bertz CT molecular complexity index is 625. The molecule has 3 heterocycles. The fourth-order valence-electron chi connectivity index (χ4n) is 1.54. The number of ketones is 1. The van der Waals surface area contributed by atoms with Crippen molar-refractivity contribution in [3.63, 3.8) is 0 Å². The van der Waals surface area contributed by atoms with Gasteiger partial charge in [-0.25, -0.2) is 15.0 Å². The molecule has 0 bridgehead atoms. The van der Waals surface area contributed by atoms with Gasteiger partial charge in [0.25, 0.3) is 0 Å². The van der Waals surface area contributed by atoms with E-state index in [4.69, 9.17) is 4.74 Å². The van der Waals surface area contributed by atoms with E-state index in [0.29, 0.717) is 11.6 Å². The van der Waals surface area contributed by atoms with Gasteiger partial charge in [0, 0.05) is 18.8 Å². The molecule has 88 valence electrons. The van der Waals surface area contributed by atoms with Crippen molar-refractivity contribution in [2.45, 2.75) is 6.42 Å². The minimum Gasteiger partial charge on any atom is -0.436 e. The summed E-state index contributed by atoms with van der Waals surface area (Å²) in [6.07, 6.45) is 6.41. The Morgan fingerprint density at radius 3 is 3.06 bits per heavy atom. The topological polar surface area (TPSA) is 77.3 Å². The number of hydrogen-bond acceptors (Lipinski definition) is 6. The monoisotopic (exact) mass is 240 g/mol. The molecule has 0 unspecified atom stereocenters. The summed E-state index contributed by atoms with van der Waals surface area (Å²) in [7, 11) is 0. The summed E-state index contributed by atoms with van der Waals surface area (Å²) in [6, 6.07) is 3.49. The molecular formula is C12H8N4O2. The Kier molecular flexibility index (Phi) is 2.53. The van der Waals surface area contributed by atoms with Crippen LogP contribution in [0, 0.1) is 0 Å². The van der Waals surface area contributed by atoms with Gasteiger partial charge in [-0.1, -0.05) is 0 Å². The predicted octanol–water partition coefficient (Wildman–Crippen LogP) is 1.95. The van der Waals surface area contributed by atoms with E-state index in [1.807, 2.05) is 0 Å². The number of aliphatic imine (C=N–C) groups is 1. The van der Waals surface area contributed by atoms with Crippen LogP contribution in [0.2, 0.25) is 0 Å². The second-order valence-corrected chi connectivity index (χ2v) is 3.61. The lowest BCUT2D eigenvalue weighted by Crippen LogP contribution is -2.09. The minimum absolute atomic E-state index is 0.107. The summed E-state index contributed by atoms with van der Waals surface area (Å²) in [5.74, 6) is 1.03. The van der Waals surface area contributed by atoms with Gasteiger partial charge >= 0.3 is 0 Å². The molecule has 0 spiro atoms. The molecule has 3 rings (SSSR count). The molecule has 0 atom stereocenters. The number of ether oxygens (including phenoxy) is 1. The zero-order valence-electron chi connectivity index (χ0n) is 9.28. The molecular weight excluding hydrogens is 232 g/mol. The Morgan fingerprint density at radius 1 is 1.28 bits per heavy atom. The molecule has 0 N–H and O–H groups in total. The highest BCUT2D eigenvalue weighted by Crippen LogP contribution is 2.24. The Hall–Kier alpha value is -2.63. The van der Waals surface area contributed by atoms with Crippen molar-refractivity contribution < 1.29 is 9.53 Å². The summed E-state index contributed by atoms with van der Waals surface area (Å²) in [5, 5.41) is 0. The zero-order valence-corrected chi connectivity index (χ0v) is 9.28. The van der Waals surface area contributed by atoms with Crippen LogP contribution >= 0.6 is 0 Å². The van der Waals surface area contributed by atoms with Crippen molar-refractivity contribution in [2.24, 2.45) is 4.99 Å². The second-order valence-electron chi connectivity index (χ2n) is 3.61. The first-order valence-corrected chi connectivity index (χ1v) is 5.33. The van der Waals surface area contributed by atoms with E-state index in [0.717, 1.165) is 0 Å². The Morgan fingerprint density at radius 2 is 2.22 bits per heavy atom. The molecule has 6 heteroatoms. The number of rotatable bonds is 2. The fourth-order valence-corrected chi connectivity index (χ4v) is 1.54. The van der Waals surface area contributed by atoms with Crippen LogP contribution in [0.25, 0.3) is 0 Å². The third-order valence-electron chi connectivity index (χ3n) is 2.34. The molecule has 0 fully saturated rings. The van der Waals surface area contributed by atoms with Crippen molar-refractivity contribution in [2.75, 3.05) is 0 Å². The maximum atomic E-state index is 11.6. The number of carbonyl (C=O) groups excluding carboxylic acids is 1. The lowest BCUT2D eigenvalue weighted by atomic mass is 10.2. The third kappa shape index (κ3) is 1.95. The molecule has 18 heavy (non-hydrogen) atoms. The molecule has 0 aromatic carbocycles. The lowest BCUT2D eigenvalue weighted by molar-refractivity contribution is 0.0995. The van der Waals surface area contributed by atoms with Gasteiger partial charge in [-0.2, -0.15) is 0 Å². The van der Waals surface area contributed by atoms with Gasteiger partial charge in [-0.3, -0.25) is 9.78 Å². The lowest BCUT2D eigenvalue weighted by Gasteiger charge is -2.08. The number of pyridine rings is 1. The SMILES string of the molecule is O=C1CC=Nc2ncc(Oc3cccnc3)nc21. The van der Waals surface area contributed by atoms with Gasteiger partial charge in [0.15, 0.2) is 17.3 Å². The van der Waals surface area contributed by atoms with Gasteiger partial charge < -0.3 is 4.74 Å². The van der Waals surface area contributed by atoms with E-state index in [-0.39, 0.29) is 23.8 Å². The van der Waals surface area contributed by atoms with Crippen LogP contribution in [-0.4, -0.2) is 26.9 Å². The van der Waals surface area contributed by atoms with E-state index < -0.39 is 0 Å². The van der Waals surface area contributed by atoms with Crippen molar-refractivity contribution in [3.05, 3.63) is 36.4 Å². The van der Waals surface area contributed by atoms with Crippen molar-refractivity contribution in [1.29, 1.82) is 0 Å². The molecule has 2 aromatic heterocycles. The Balaban J connectivity index is 1.93. The highest BCUT2D eigenvalue weighted by atomic mass is 16.5. The largest absolute Gasteiger partial charge is 0.436 e. The fraction of sp³-hybridized carbons (Fsp3) is 0.0833. The minimum atomic E-state index is -0.107. The number of carbonyl (C=O) groups is 1. The van der Waals surface area contributed by atoms with E-state index in [9.17, 15) is 4.79 Å². The molecule has 1 aliphatic heterocycles. The number of aromatic nitrogens is 3. The highest BCUT2D eigenvalue weighted by Gasteiger charge is 2.18. The molecule has 0 radical (unpaired) electrons. The van der Waals surface area contributed by atoms with Crippen LogP contribution in [0.4, 0.5) is 5.82 Å². The number of hydrogen-bond donors (Lipinski definition) is 0. The van der Waals surface area contributed by atoms with Gasteiger partial charge in [0.05, 0.1) is 12.4 Å². The van der Waals surface area contributed by atoms with Crippen LogP contribution < -0.4 is 4.74 Å². The third-order valence-corrected chi connectivity index (χ3v) is 2.34. The van der Waals surface area contributed by atoms with E-state index in [1.54, 1.807) is 24.5 Å². The van der Waals surface area contributed by atoms with Crippen LogP contribution in [0.15, 0.2) is 35.7 Å². The second kappa shape index (κ2) is 4.33. The first-order valence-electron chi connectivity index (χ1n) is 5.33. The van der Waals surface area contributed by atoms with E-state index in [2.05, 4.69) is 19.9 Å². The van der Waals surface area contributed by atoms with Crippen LogP contribution in [-0.2, 0) is 0 Å². The zero-order chi connectivity index (χ0) is 12.4. The first kappa shape index (κ1) is 10.5. The van der Waals surface area contributed by atoms with Gasteiger partial charge in [-0.15, -0.1) is 0 Å². The molecule has 6 nitrogen and oxygen atoms in total.